The molecule has 0 spiro atoms. The summed E-state index contributed by atoms with van der Waals surface area (Å²) in [6.07, 6.45) is 1.11. The second kappa shape index (κ2) is 7.02. The van der Waals surface area contributed by atoms with Crippen molar-refractivity contribution in [2.75, 3.05) is 0 Å². The quantitative estimate of drug-likeness (QED) is 0.769. The first-order valence-electron chi connectivity index (χ1n) is 8.53. The van der Waals surface area contributed by atoms with Crippen LogP contribution in [0.5, 0.6) is 0 Å². The lowest BCUT2D eigenvalue weighted by atomic mass is 9.87. The third-order valence-corrected chi connectivity index (χ3v) is 4.65. The molecule has 1 aromatic carbocycles. The lowest BCUT2D eigenvalue weighted by Crippen LogP contribution is -2.53. The van der Waals surface area contributed by atoms with Crippen LogP contribution in [0.3, 0.4) is 0 Å². The van der Waals surface area contributed by atoms with E-state index in [1.165, 1.54) is 0 Å². The van der Waals surface area contributed by atoms with E-state index in [1.807, 2.05) is 44.2 Å². The molecule has 5 nitrogen and oxygen atoms in total. The Bertz CT molecular complexity index is 614. The van der Waals surface area contributed by atoms with Gasteiger partial charge >= 0.3 is 0 Å². The van der Waals surface area contributed by atoms with Crippen LogP contribution in [0, 0.1) is 0 Å². The van der Waals surface area contributed by atoms with Crippen LogP contribution in [0.25, 0.3) is 0 Å². The van der Waals surface area contributed by atoms with Crippen LogP contribution in [-0.4, -0.2) is 41.1 Å². The highest BCUT2D eigenvalue weighted by atomic mass is 16.8. The molecule has 136 valence electrons. The van der Waals surface area contributed by atoms with Gasteiger partial charge in [-0.25, -0.2) is 0 Å². The number of aliphatic hydroxyl groups excluding tert-OH is 1. The third-order valence-electron chi connectivity index (χ3n) is 4.65. The molecule has 2 saturated heterocycles. The molecule has 5 atom stereocenters. The zero-order valence-corrected chi connectivity index (χ0v) is 14.8. The molecule has 0 aromatic heterocycles. The predicted octanol–water partition coefficient (Wildman–Crippen LogP) is 2.94. The second-order valence-electron chi connectivity index (χ2n) is 6.90. The maximum absolute atomic E-state index is 10.7. The van der Waals surface area contributed by atoms with Gasteiger partial charge in [0.25, 0.3) is 0 Å². The summed E-state index contributed by atoms with van der Waals surface area (Å²) in [6, 6.07) is 9.84. The van der Waals surface area contributed by atoms with Crippen LogP contribution in [0.4, 0.5) is 0 Å². The molecule has 0 amide bonds. The van der Waals surface area contributed by atoms with E-state index in [0.717, 1.165) is 5.56 Å². The van der Waals surface area contributed by atoms with Gasteiger partial charge in [-0.3, -0.25) is 0 Å². The normalized spacial score (nSPS) is 34.4. The van der Waals surface area contributed by atoms with Gasteiger partial charge in [-0.1, -0.05) is 42.5 Å². The first-order chi connectivity index (χ1) is 11.9. The van der Waals surface area contributed by atoms with Gasteiger partial charge < -0.3 is 24.1 Å². The highest BCUT2D eigenvalue weighted by Gasteiger charge is 2.63. The number of hydrogen-bond donors (Lipinski definition) is 1. The van der Waals surface area contributed by atoms with Gasteiger partial charge in [0.15, 0.2) is 12.1 Å². The molecule has 0 aliphatic carbocycles. The molecule has 0 radical (unpaired) electrons. The van der Waals surface area contributed by atoms with Gasteiger partial charge in [0, 0.05) is 0 Å². The maximum atomic E-state index is 10.7. The van der Waals surface area contributed by atoms with Gasteiger partial charge in [-0.05, 0) is 25.8 Å². The number of rotatable bonds is 7. The largest absolute Gasteiger partial charge is 0.389 e. The Labute approximate surface area is 148 Å². The third kappa shape index (κ3) is 3.43. The molecule has 0 unspecified atom stereocenters. The van der Waals surface area contributed by atoms with Crippen molar-refractivity contribution in [2.24, 2.45) is 0 Å². The number of benzene rings is 1. The molecule has 0 saturated carbocycles. The summed E-state index contributed by atoms with van der Waals surface area (Å²) >= 11 is 0. The van der Waals surface area contributed by atoms with Crippen LogP contribution in [0.15, 0.2) is 55.6 Å². The first-order valence-corrected chi connectivity index (χ1v) is 8.53. The highest BCUT2D eigenvalue weighted by molar-refractivity contribution is 5.18. The van der Waals surface area contributed by atoms with E-state index in [-0.39, 0.29) is 0 Å². The molecular formula is C20H26O5. The molecule has 0 bridgehead atoms. The van der Waals surface area contributed by atoms with Crippen LogP contribution < -0.4 is 0 Å². The Morgan fingerprint density at radius 1 is 1.20 bits per heavy atom. The average molecular weight is 346 g/mol. The molecule has 1 N–H and O–H groups in total. The minimum atomic E-state index is -1.12. The molecule has 2 aliphatic heterocycles. The van der Waals surface area contributed by atoms with E-state index in [4.69, 9.17) is 18.9 Å². The minimum absolute atomic E-state index is 0.347. The van der Waals surface area contributed by atoms with Crippen molar-refractivity contribution >= 4 is 0 Å². The lowest BCUT2D eigenvalue weighted by Gasteiger charge is -2.37. The Morgan fingerprint density at radius 2 is 1.92 bits per heavy atom. The van der Waals surface area contributed by atoms with E-state index in [1.54, 1.807) is 12.2 Å². The van der Waals surface area contributed by atoms with Crippen LogP contribution in [-0.2, 0) is 25.6 Å². The SMILES string of the molecule is C=CC[C@@H](O)[C@]1(C=C)O[C@@H]2OC(C)(C)O[C@@H]2[C@H]1OCc1ccccc1. The summed E-state index contributed by atoms with van der Waals surface area (Å²) in [6.45, 7) is 11.6. The van der Waals surface area contributed by atoms with Crippen molar-refractivity contribution in [2.45, 2.75) is 62.9 Å². The van der Waals surface area contributed by atoms with Crippen molar-refractivity contribution in [1.29, 1.82) is 0 Å². The van der Waals surface area contributed by atoms with Crippen molar-refractivity contribution < 1.29 is 24.1 Å². The standard InChI is InChI=1S/C20H26O5/c1-5-10-15(21)20(6-2)17(22-13-14-11-8-7-9-12-14)16-18(25-20)24-19(3,4)23-16/h5-9,11-12,15-18,21H,1-2,10,13H2,3-4H3/t15-,16-,17-,18+,20+/m1/s1. The number of fused-ring (bicyclic) bond motifs is 1. The van der Waals surface area contributed by atoms with Gasteiger partial charge in [-0.15, -0.1) is 13.2 Å². The van der Waals surface area contributed by atoms with E-state index in [2.05, 4.69) is 13.2 Å². The van der Waals surface area contributed by atoms with Crippen molar-refractivity contribution in [1.82, 2.24) is 0 Å². The molecule has 1 aromatic rings. The smallest absolute Gasteiger partial charge is 0.191 e. The summed E-state index contributed by atoms with van der Waals surface area (Å²) in [7, 11) is 0. The predicted molar refractivity (Wildman–Crippen MR) is 93.7 cm³/mol. The second-order valence-corrected chi connectivity index (χ2v) is 6.90. The van der Waals surface area contributed by atoms with E-state index < -0.39 is 36.0 Å². The number of hydrogen-bond acceptors (Lipinski definition) is 5. The molecular weight excluding hydrogens is 320 g/mol. The van der Waals surface area contributed by atoms with E-state index in [0.29, 0.717) is 13.0 Å². The van der Waals surface area contributed by atoms with Gasteiger partial charge in [0.2, 0.25) is 0 Å². The van der Waals surface area contributed by atoms with Crippen molar-refractivity contribution in [3.8, 4) is 0 Å². The fourth-order valence-electron chi connectivity index (χ4n) is 3.47. The Hall–Kier alpha value is -1.50. The van der Waals surface area contributed by atoms with Crippen molar-refractivity contribution in [3.05, 3.63) is 61.2 Å². The monoisotopic (exact) mass is 346 g/mol. The van der Waals surface area contributed by atoms with Gasteiger partial charge in [0.05, 0.1) is 12.7 Å². The molecule has 3 rings (SSSR count). The zero-order chi connectivity index (χ0) is 18.1. The van der Waals surface area contributed by atoms with Gasteiger partial charge in [0.1, 0.15) is 17.8 Å². The van der Waals surface area contributed by atoms with Crippen LogP contribution in [0.2, 0.25) is 0 Å². The fourth-order valence-corrected chi connectivity index (χ4v) is 3.47. The summed E-state index contributed by atoms with van der Waals surface area (Å²) in [5, 5.41) is 10.7. The molecule has 2 fully saturated rings. The Kier molecular flexibility index (Phi) is 5.14. The van der Waals surface area contributed by atoms with Crippen molar-refractivity contribution in [3.63, 3.8) is 0 Å². The lowest BCUT2D eigenvalue weighted by molar-refractivity contribution is -0.250. The Morgan fingerprint density at radius 3 is 2.56 bits per heavy atom. The first kappa shape index (κ1) is 18.3. The van der Waals surface area contributed by atoms with E-state index in [9.17, 15) is 5.11 Å². The highest BCUT2D eigenvalue weighted by Crippen LogP contribution is 2.46. The minimum Gasteiger partial charge on any atom is -0.389 e. The maximum Gasteiger partial charge on any atom is 0.191 e. The van der Waals surface area contributed by atoms with Crippen LogP contribution >= 0.6 is 0 Å². The summed E-state index contributed by atoms with van der Waals surface area (Å²) in [5.74, 6) is -0.763. The zero-order valence-electron chi connectivity index (χ0n) is 14.8. The van der Waals surface area contributed by atoms with E-state index >= 15 is 0 Å². The topological polar surface area (TPSA) is 57.2 Å². The molecule has 25 heavy (non-hydrogen) atoms. The van der Waals surface area contributed by atoms with Crippen LogP contribution in [0.1, 0.15) is 25.8 Å². The summed E-state index contributed by atoms with van der Waals surface area (Å²) in [5.41, 5.74) is -0.0882. The number of ether oxygens (including phenoxy) is 4. The summed E-state index contributed by atoms with van der Waals surface area (Å²) in [4.78, 5) is 0. The molecule has 2 heterocycles. The average Bonchev–Trinajstić information content (AvgIpc) is 3.03. The Balaban J connectivity index is 1.86. The molecule has 5 heteroatoms. The summed E-state index contributed by atoms with van der Waals surface area (Å²) < 4.78 is 24.1. The van der Waals surface area contributed by atoms with Gasteiger partial charge in [-0.2, -0.15) is 0 Å². The molecule has 2 aliphatic rings. The fraction of sp³-hybridized carbons (Fsp3) is 0.500. The number of aliphatic hydroxyl groups is 1.